The van der Waals surface area contributed by atoms with Crippen LogP contribution in [0.1, 0.15) is 18.3 Å². The number of halogens is 5. The molecule has 2 aromatic heterocycles. The zero-order valence-corrected chi connectivity index (χ0v) is 14.2. The van der Waals surface area contributed by atoms with E-state index in [0.717, 1.165) is 4.40 Å². The van der Waals surface area contributed by atoms with Crippen molar-refractivity contribution in [2.45, 2.75) is 25.9 Å². The van der Waals surface area contributed by atoms with Crippen LogP contribution in [-0.4, -0.2) is 26.9 Å². The third-order valence-electron chi connectivity index (χ3n) is 3.65. The maximum atomic E-state index is 13.4. The Kier molecular flexibility index (Phi) is 4.44. The number of aromatic amines is 1. The highest BCUT2D eigenvalue weighted by Crippen LogP contribution is 2.34. The summed E-state index contributed by atoms with van der Waals surface area (Å²) in [5, 5.41) is 0. The monoisotopic (exact) mass is 387 g/mol. The first-order chi connectivity index (χ1) is 12.5. The summed E-state index contributed by atoms with van der Waals surface area (Å²) in [5.41, 5.74) is -2.45. The quantitative estimate of drug-likeness (QED) is 0.687. The normalized spacial score (nSPS) is 12.6. The number of H-pyrrole nitrogens is 1. The number of aromatic nitrogens is 3. The summed E-state index contributed by atoms with van der Waals surface area (Å²) in [6.45, 7) is 1.38. The van der Waals surface area contributed by atoms with Crippen LogP contribution in [0.25, 0.3) is 16.9 Å². The Labute approximate surface area is 149 Å². The van der Waals surface area contributed by atoms with E-state index in [1.54, 1.807) is 6.92 Å². The van der Waals surface area contributed by atoms with Crippen LogP contribution < -0.4 is 10.3 Å². The molecule has 0 bridgehead atoms. The predicted molar refractivity (Wildman–Crippen MR) is 87.1 cm³/mol. The number of imidazole rings is 1. The van der Waals surface area contributed by atoms with Crippen LogP contribution in [0.4, 0.5) is 22.0 Å². The van der Waals surface area contributed by atoms with Crippen molar-refractivity contribution in [2.75, 3.05) is 6.61 Å². The molecular weight excluding hydrogens is 373 g/mol. The van der Waals surface area contributed by atoms with Crippen LogP contribution in [0.15, 0.2) is 35.3 Å². The lowest BCUT2D eigenvalue weighted by atomic mass is 10.0. The molecule has 0 saturated heterocycles. The van der Waals surface area contributed by atoms with Gasteiger partial charge in [-0.2, -0.15) is 13.2 Å². The summed E-state index contributed by atoms with van der Waals surface area (Å²) in [5.74, 6) is -3.23. The topological polar surface area (TPSA) is 59.4 Å². The van der Waals surface area contributed by atoms with Crippen LogP contribution >= 0.6 is 0 Å². The van der Waals surface area contributed by atoms with Gasteiger partial charge in [0.25, 0.3) is 11.5 Å². The molecule has 0 atom stereocenters. The Morgan fingerprint density at radius 1 is 1.15 bits per heavy atom. The van der Waals surface area contributed by atoms with Gasteiger partial charge in [0.2, 0.25) is 5.78 Å². The van der Waals surface area contributed by atoms with Crippen molar-refractivity contribution in [2.24, 2.45) is 0 Å². The molecular formula is C17H14F5N3O2. The molecule has 27 heavy (non-hydrogen) atoms. The first-order valence-corrected chi connectivity index (χ1v) is 7.76. The number of ether oxygens (including phenoxy) is 1. The van der Waals surface area contributed by atoms with E-state index in [4.69, 9.17) is 4.74 Å². The van der Waals surface area contributed by atoms with Crippen molar-refractivity contribution in [1.82, 2.24) is 14.4 Å². The number of nitrogens with zero attached hydrogens (tertiary/aromatic N) is 2. The maximum Gasteiger partial charge on any atom is 0.434 e. The summed E-state index contributed by atoms with van der Waals surface area (Å²) < 4.78 is 71.9. The second-order valence-electron chi connectivity index (χ2n) is 6.15. The van der Waals surface area contributed by atoms with Gasteiger partial charge < -0.3 is 9.72 Å². The van der Waals surface area contributed by atoms with Gasteiger partial charge in [-0.15, -0.1) is 0 Å². The third kappa shape index (κ3) is 3.93. The summed E-state index contributed by atoms with van der Waals surface area (Å²) in [7, 11) is 0. The molecule has 0 spiro atoms. The van der Waals surface area contributed by atoms with Gasteiger partial charge in [0, 0.05) is 18.8 Å². The molecule has 5 nitrogen and oxygen atoms in total. The van der Waals surface area contributed by atoms with E-state index < -0.39 is 35.5 Å². The van der Waals surface area contributed by atoms with Gasteiger partial charge in [-0.05, 0) is 24.6 Å². The molecule has 0 unspecified atom stereocenters. The van der Waals surface area contributed by atoms with Crippen LogP contribution in [0.5, 0.6) is 5.75 Å². The molecule has 0 aliphatic rings. The third-order valence-corrected chi connectivity index (χ3v) is 3.65. The van der Waals surface area contributed by atoms with Crippen LogP contribution in [-0.2, 0) is 6.18 Å². The highest BCUT2D eigenvalue weighted by atomic mass is 19.4. The number of rotatable bonds is 4. The van der Waals surface area contributed by atoms with Gasteiger partial charge in [-0.1, -0.05) is 12.1 Å². The van der Waals surface area contributed by atoms with Crippen molar-refractivity contribution in [1.29, 1.82) is 0 Å². The standard InChI is InChI=1S/C17H14F5N3O2/c1-9-7-25-14(26)12(13(17(20,21)22)24-15(25)23-9)10-3-5-11(6-4-10)27-8-16(2,18)19/h3-7H,8H2,1-2H3,(H,23,24). The fourth-order valence-electron chi connectivity index (χ4n) is 2.54. The summed E-state index contributed by atoms with van der Waals surface area (Å²) in [4.78, 5) is 18.8. The zero-order valence-electron chi connectivity index (χ0n) is 14.2. The number of hydrogen-bond acceptors (Lipinski definition) is 3. The van der Waals surface area contributed by atoms with Crippen LogP contribution in [0.3, 0.4) is 0 Å². The highest BCUT2D eigenvalue weighted by Gasteiger charge is 2.38. The first-order valence-electron chi connectivity index (χ1n) is 7.76. The predicted octanol–water partition coefficient (Wildman–Crippen LogP) is 4.05. The molecule has 1 aromatic carbocycles. The maximum absolute atomic E-state index is 13.4. The smallest absolute Gasteiger partial charge is 0.434 e. The lowest BCUT2D eigenvalue weighted by Gasteiger charge is -2.14. The zero-order chi connectivity index (χ0) is 20.0. The van der Waals surface area contributed by atoms with E-state index >= 15 is 0 Å². The SMILES string of the molecule is Cc1cn2c(=O)c(-c3ccc(OCC(C)(F)F)cc3)c(C(F)(F)F)nc2[nH]1. The van der Waals surface area contributed by atoms with Crippen LogP contribution in [0, 0.1) is 6.92 Å². The van der Waals surface area contributed by atoms with Crippen LogP contribution in [0.2, 0.25) is 0 Å². The molecule has 0 fully saturated rings. The number of alkyl halides is 5. The average molecular weight is 387 g/mol. The first kappa shape index (κ1) is 18.9. The Bertz CT molecular complexity index is 1030. The van der Waals surface area contributed by atoms with E-state index in [9.17, 15) is 26.7 Å². The van der Waals surface area contributed by atoms with Gasteiger partial charge in [-0.25, -0.2) is 13.8 Å². The molecule has 0 radical (unpaired) electrons. The minimum absolute atomic E-state index is 0.0421. The van der Waals surface area contributed by atoms with Gasteiger partial charge in [0.15, 0.2) is 12.3 Å². The highest BCUT2D eigenvalue weighted by molar-refractivity contribution is 5.67. The molecule has 3 rings (SSSR count). The summed E-state index contributed by atoms with van der Waals surface area (Å²) >= 11 is 0. The number of benzene rings is 1. The number of hydrogen-bond donors (Lipinski definition) is 1. The number of fused-ring (bicyclic) bond motifs is 1. The Morgan fingerprint density at radius 3 is 2.33 bits per heavy atom. The number of nitrogens with one attached hydrogen (secondary N) is 1. The second kappa shape index (κ2) is 6.36. The minimum atomic E-state index is -4.86. The average Bonchev–Trinajstić information content (AvgIpc) is 2.93. The molecule has 3 aromatic rings. The Morgan fingerprint density at radius 2 is 1.78 bits per heavy atom. The molecule has 0 amide bonds. The van der Waals surface area contributed by atoms with Crippen molar-refractivity contribution in [3.63, 3.8) is 0 Å². The van der Waals surface area contributed by atoms with E-state index in [-0.39, 0.29) is 17.1 Å². The minimum Gasteiger partial charge on any atom is -0.487 e. The van der Waals surface area contributed by atoms with Gasteiger partial charge in [0.05, 0.1) is 5.56 Å². The largest absolute Gasteiger partial charge is 0.487 e. The molecule has 1 N–H and O–H groups in total. The molecule has 2 heterocycles. The molecule has 144 valence electrons. The Hall–Kier alpha value is -2.91. The summed E-state index contributed by atoms with van der Waals surface area (Å²) in [6.07, 6.45) is -3.52. The van der Waals surface area contributed by atoms with Crippen molar-refractivity contribution >= 4 is 5.78 Å². The Balaban J connectivity index is 2.10. The molecule has 0 saturated carbocycles. The lowest BCUT2D eigenvalue weighted by Crippen LogP contribution is -2.23. The van der Waals surface area contributed by atoms with E-state index in [1.165, 1.54) is 30.5 Å². The van der Waals surface area contributed by atoms with E-state index in [2.05, 4.69) is 9.97 Å². The second-order valence-corrected chi connectivity index (χ2v) is 6.15. The lowest BCUT2D eigenvalue weighted by molar-refractivity contribution is -0.140. The molecule has 0 aliphatic carbocycles. The molecule has 0 aliphatic heterocycles. The molecule has 10 heteroatoms. The van der Waals surface area contributed by atoms with E-state index in [0.29, 0.717) is 12.6 Å². The van der Waals surface area contributed by atoms with Crippen molar-refractivity contribution < 1.29 is 26.7 Å². The summed E-state index contributed by atoms with van der Waals surface area (Å²) in [6, 6.07) is 4.83. The van der Waals surface area contributed by atoms with Crippen molar-refractivity contribution in [3.05, 3.63) is 52.2 Å². The number of aryl methyl sites for hydroxylation is 1. The van der Waals surface area contributed by atoms with Gasteiger partial charge in [0.1, 0.15) is 5.75 Å². The fraction of sp³-hybridized carbons (Fsp3) is 0.294. The fourth-order valence-corrected chi connectivity index (χ4v) is 2.54. The van der Waals surface area contributed by atoms with Gasteiger partial charge >= 0.3 is 6.18 Å². The van der Waals surface area contributed by atoms with Crippen molar-refractivity contribution in [3.8, 4) is 16.9 Å². The van der Waals surface area contributed by atoms with E-state index in [1.807, 2.05) is 0 Å². The van der Waals surface area contributed by atoms with Gasteiger partial charge in [-0.3, -0.25) is 9.20 Å².